The maximum Gasteiger partial charge on any atom is 0.122 e. The highest BCUT2D eigenvalue weighted by atomic mass is 16.5. The van der Waals surface area contributed by atoms with Gasteiger partial charge in [0.25, 0.3) is 0 Å². The van der Waals surface area contributed by atoms with Gasteiger partial charge in [-0.25, -0.2) is 0 Å². The van der Waals surface area contributed by atoms with Crippen LogP contribution in [0.25, 0.3) is 0 Å². The minimum absolute atomic E-state index is 0.363. The molecule has 0 saturated carbocycles. The van der Waals surface area contributed by atoms with Crippen molar-refractivity contribution in [1.82, 2.24) is 10.3 Å². The van der Waals surface area contributed by atoms with E-state index in [4.69, 9.17) is 10.6 Å². The maximum absolute atomic E-state index is 5.78. The summed E-state index contributed by atoms with van der Waals surface area (Å²) >= 11 is 0. The molecule has 3 N–H and O–H groups in total. The van der Waals surface area contributed by atoms with E-state index in [0.29, 0.717) is 12.0 Å². The Kier molecular flexibility index (Phi) is 6.49. The van der Waals surface area contributed by atoms with Gasteiger partial charge in [0.1, 0.15) is 5.75 Å². The number of nitrogens with one attached hydrogen (secondary N) is 1. The van der Waals surface area contributed by atoms with E-state index in [-0.39, 0.29) is 0 Å². The lowest BCUT2D eigenvalue weighted by Gasteiger charge is -2.30. The van der Waals surface area contributed by atoms with Gasteiger partial charge < -0.3 is 9.64 Å². The van der Waals surface area contributed by atoms with Gasteiger partial charge in [-0.05, 0) is 56.4 Å². The van der Waals surface area contributed by atoms with Crippen LogP contribution in [-0.2, 0) is 0 Å². The van der Waals surface area contributed by atoms with Crippen molar-refractivity contribution in [3.8, 4) is 5.75 Å². The fourth-order valence-corrected chi connectivity index (χ4v) is 3.15. The number of fused-ring (bicyclic) bond motifs is 1. The Hall–Kier alpha value is -1.10. The summed E-state index contributed by atoms with van der Waals surface area (Å²) in [6, 6.07) is 8.77. The average molecular weight is 291 g/mol. The normalized spacial score (nSPS) is 19.1. The number of hydrazine groups is 1. The number of hydrogen-bond donors (Lipinski definition) is 2. The molecule has 1 aliphatic rings. The van der Waals surface area contributed by atoms with Gasteiger partial charge in [0.2, 0.25) is 0 Å². The van der Waals surface area contributed by atoms with Crippen LogP contribution in [0.1, 0.15) is 44.6 Å². The molecule has 0 saturated heterocycles. The van der Waals surface area contributed by atoms with Crippen molar-refractivity contribution in [2.45, 2.75) is 45.1 Å². The number of nitrogens with two attached hydrogens (primary N) is 1. The summed E-state index contributed by atoms with van der Waals surface area (Å²) in [6.07, 6.45) is 3.26. The van der Waals surface area contributed by atoms with Crippen LogP contribution in [0.2, 0.25) is 0 Å². The molecule has 1 aromatic carbocycles. The SMILES string of the molecule is CCN(CC)CCC(CC1CCOc2ccccc21)NN. The van der Waals surface area contributed by atoms with Crippen LogP contribution in [-0.4, -0.2) is 37.2 Å². The molecule has 1 aliphatic heterocycles. The maximum atomic E-state index is 5.78. The number of benzene rings is 1. The molecule has 0 bridgehead atoms. The molecule has 4 nitrogen and oxygen atoms in total. The lowest BCUT2D eigenvalue weighted by molar-refractivity contribution is 0.242. The molecular weight excluding hydrogens is 262 g/mol. The van der Waals surface area contributed by atoms with Crippen molar-refractivity contribution in [2.24, 2.45) is 5.84 Å². The summed E-state index contributed by atoms with van der Waals surface area (Å²) in [5.74, 6) is 7.38. The van der Waals surface area contributed by atoms with E-state index < -0.39 is 0 Å². The van der Waals surface area contributed by atoms with E-state index in [0.717, 1.165) is 51.3 Å². The van der Waals surface area contributed by atoms with Crippen LogP contribution in [0.3, 0.4) is 0 Å². The molecule has 1 heterocycles. The number of nitrogens with zero attached hydrogens (tertiary/aromatic N) is 1. The van der Waals surface area contributed by atoms with E-state index in [1.807, 2.05) is 6.07 Å². The van der Waals surface area contributed by atoms with Gasteiger partial charge in [-0.1, -0.05) is 32.0 Å². The Bertz CT molecular complexity index is 420. The van der Waals surface area contributed by atoms with E-state index >= 15 is 0 Å². The zero-order valence-corrected chi connectivity index (χ0v) is 13.3. The molecule has 0 aromatic heterocycles. The molecule has 0 aliphatic carbocycles. The molecule has 2 atom stereocenters. The molecule has 21 heavy (non-hydrogen) atoms. The monoisotopic (exact) mass is 291 g/mol. The first-order valence-corrected chi connectivity index (χ1v) is 8.18. The lowest BCUT2D eigenvalue weighted by atomic mass is 9.87. The van der Waals surface area contributed by atoms with Crippen LogP contribution in [0.4, 0.5) is 0 Å². The summed E-state index contributed by atoms with van der Waals surface area (Å²) in [5, 5.41) is 0. The van der Waals surface area contributed by atoms with Gasteiger partial charge in [0, 0.05) is 6.04 Å². The Balaban J connectivity index is 1.93. The van der Waals surface area contributed by atoms with Crippen molar-refractivity contribution in [1.29, 1.82) is 0 Å². The van der Waals surface area contributed by atoms with Crippen LogP contribution in [0.15, 0.2) is 24.3 Å². The van der Waals surface area contributed by atoms with Crippen molar-refractivity contribution in [3.63, 3.8) is 0 Å². The molecule has 2 rings (SSSR count). The van der Waals surface area contributed by atoms with Gasteiger partial charge in [-0.2, -0.15) is 0 Å². The largest absolute Gasteiger partial charge is 0.493 e. The number of rotatable bonds is 8. The zero-order chi connectivity index (χ0) is 15.1. The highest BCUT2D eigenvalue weighted by Gasteiger charge is 2.24. The van der Waals surface area contributed by atoms with Gasteiger partial charge in [-0.15, -0.1) is 0 Å². The van der Waals surface area contributed by atoms with Crippen LogP contribution in [0, 0.1) is 0 Å². The minimum atomic E-state index is 0.363. The van der Waals surface area contributed by atoms with Crippen LogP contribution < -0.4 is 16.0 Å². The Morgan fingerprint density at radius 3 is 2.81 bits per heavy atom. The second kappa shape index (κ2) is 8.37. The molecule has 2 unspecified atom stereocenters. The summed E-state index contributed by atoms with van der Waals surface area (Å²) in [6.45, 7) is 8.55. The predicted octanol–water partition coefficient (Wildman–Crippen LogP) is 2.51. The highest BCUT2D eigenvalue weighted by Crippen LogP contribution is 2.36. The Morgan fingerprint density at radius 2 is 2.10 bits per heavy atom. The topological polar surface area (TPSA) is 50.5 Å². The quantitative estimate of drug-likeness (QED) is 0.571. The third-order valence-electron chi connectivity index (χ3n) is 4.58. The number of hydrogen-bond acceptors (Lipinski definition) is 4. The summed E-state index contributed by atoms with van der Waals surface area (Å²) < 4.78 is 5.74. The van der Waals surface area contributed by atoms with Gasteiger partial charge in [-0.3, -0.25) is 11.3 Å². The first-order valence-electron chi connectivity index (χ1n) is 8.18. The summed E-state index contributed by atoms with van der Waals surface area (Å²) in [4.78, 5) is 2.45. The average Bonchev–Trinajstić information content (AvgIpc) is 2.54. The smallest absolute Gasteiger partial charge is 0.122 e. The lowest BCUT2D eigenvalue weighted by Crippen LogP contribution is -2.39. The number of para-hydroxylation sites is 1. The molecule has 0 spiro atoms. The second-order valence-corrected chi connectivity index (χ2v) is 5.79. The van der Waals surface area contributed by atoms with E-state index in [9.17, 15) is 0 Å². The van der Waals surface area contributed by atoms with E-state index in [1.54, 1.807) is 0 Å². The molecular formula is C17H29N3O. The number of ether oxygens (including phenoxy) is 1. The molecule has 0 radical (unpaired) electrons. The first kappa shape index (κ1) is 16.3. The van der Waals surface area contributed by atoms with Crippen molar-refractivity contribution in [3.05, 3.63) is 29.8 Å². The fourth-order valence-electron chi connectivity index (χ4n) is 3.15. The third-order valence-corrected chi connectivity index (χ3v) is 4.58. The standard InChI is InChI=1S/C17H29N3O/c1-3-20(4-2)11-9-15(19-18)13-14-10-12-21-17-8-6-5-7-16(14)17/h5-8,14-15,19H,3-4,9-13,18H2,1-2H3. The van der Waals surface area contributed by atoms with Crippen LogP contribution in [0.5, 0.6) is 5.75 Å². The summed E-state index contributed by atoms with van der Waals surface area (Å²) in [7, 11) is 0. The van der Waals surface area contributed by atoms with E-state index in [1.165, 1.54) is 5.56 Å². The third kappa shape index (κ3) is 4.43. The first-order chi connectivity index (χ1) is 10.3. The van der Waals surface area contributed by atoms with Crippen molar-refractivity contribution in [2.75, 3.05) is 26.2 Å². The minimum Gasteiger partial charge on any atom is -0.493 e. The highest BCUT2D eigenvalue weighted by molar-refractivity contribution is 5.37. The van der Waals surface area contributed by atoms with Crippen LogP contribution >= 0.6 is 0 Å². The Morgan fingerprint density at radius 1 is 1.33 bits per heavy atom. The van der Waals surface area contributed by atoms with Crippen molar-refractivity contribution >= 4 is 0 Å². The van der Waals surface area contributed by atoms with Gasteiger partial charge >= 0.3 is 0 Å². The Labute approximate surface area is 128 Å². The van der Waals surface area contributed by atoms with Gasteiger partial charge in [0.05, 0.1) is 6.61 Å². The fraction of sp³-hybridized carbons (Fsp3) is 0.647. The zero-order valence-electron chi connectivity index (χ0n) is 13.3. The predicted molar refractivity (Wildman–Crippen MR) is 87.4 cm³/mol. The molecule has 0 amide bonds. The summed E-state index contributed by atoms with van der Waals surface area (Å²) in [5.41, 5.74) is 4.36. The van der Waals surface area contributed by atoms with E-state index in [2.05, 4.69) is 42.4 Å². The second-order valence-electron chi connectivity index (χ2n) is 5.79. The molecule has 0 fully saturated rings. The molecule has 1 aromatic rings. The molecule has 4 heteroatoms. The molecule has 118 valence electrons. The van der Waals surface area contributed by atoms with Gasteiger partial charge in [0.15, 0.2) is 0 Å². The van der Waals surface area contributed by atoms with Crippen molar-refractivity contribution < 1.29 is 4.74 Å².